The number of aliphatic carboxylic acids is 1. The smallest absolute Gasteiger partial charge is 0.364 e. The van der Waals surface area contributed by atoms with E-state index in [9.17, 15) is 116 Å². The molecule has 474 valence electrons. The lowest BCUT2D eigenvalue weighted by atomic mass is 9.88. The monoisotopic (exact) mass is 1200 g/mol. The van der Waals surface area contributed by atoms with Crippen molar-refractivity contribution in [3.8, 4) is 0 Å². The average Bonchev–Trinajstić information content (AvgIpc) is 2.79. The second kappa shape index (κ2) is 28.9. The van der Waals surface area contributed by atoms with Crippen molar-refractivity contribution >= 4 is 23.7 Å². The fraction of sp³-hybridized carbons (Fsp3) is 0.911. The summed E-state index contributed by atoms with van der Waals surface area (Å²) in [6.45, 7) is -3.61. The van der Waals surface area contributed by atoms with E-state index in [0.717, 1.165) is 13.8 Å². The highest BCUT2D eigenvalue weighted by atomic mass is 16.8. The van der Waals surface area contributed by atoms with Gasteiger partial charge in [-0.3, -0.25) is 14.4 Å². The van der Waals surface area contributed by atoms with E-state index in [1.54, 1.807) is 0 Å². The van der Waals surface area contributed by atoms with Gasteiger partial charge in [-0.05, 0) is 6.92 Å². The third-order valence-electron chi connectivity index (χ3n) is 14.7. The molecule has 31 atom stereocenters. The van der Waals surface area contributed by atoms with Gasteiger partial charge in [-0.25, -0.2) is 4.79 Å². The van der Waals surface area contributed by atoms with Crippen molar-refractivity contribution in [3.63, 3.8) is 0 Å². The topological polar surface area (TPSA) is 590 Å². The SMILES string of the molecule is CC(=O)N[C@@H]1[C@@H](O[C@@H]2O[C@H](CO)[C@H](O)[C@H](O[C@H]3O[C@H](CO)[C@H](O)[C@H](O[C@H]4O[C@H](CO)[C@H](O)[C@H](O)[C@H]4O)[C@H]3NC(C)=O)[C@H]2O[C@@H]2O[C@@H](C)[C@@H](O)[C@@H](O)[C@H]2O)[C@@H](O)[C@@H](CO[C@]2(C(=O)O)C[C@H](O)[C@@H](NC(=O)CO)[C@H]([C@H](O)[C@H](O)CO)O2)O[C@@H]1O. The molecule has 37 nitrogen and oxygen atoms in total. The van der Waals surface area contributed by atoms with E-state index >= 15 is 0 Å². The third kappa shape index (κ3) is 14.7. The molecule has 6 heterocycles. The average molecular weight is 1200 g/mol. The van der Waals surface area contributed by atoms with Gasteiger partial charge in [-0.1, -0.05) is 0 Å². The molecule has 0 aliphatic carbocycles. The summed E-state index contributed by atoms with van der Waals surface area (Å²) in [6, 6.07) is -5.58. The van der Waals surface area contributed by atoms with Gasteiger partial charge in [0.1, 0.15) is 141 Å². The maximum absolute atomic E-state index is 13.0. The van der Waals surface area contributed by atoms with Crippen LogP contribution in [0.5, 0.6) is 0 Å². The normalized spacial score (nSPS) is 46.3. The number of aliphatic hydroxyl groups excluding tert-OH is 18. The Morgan fingerprint density at radius 3 is 1.57 bits per heavy atom. The number of aliphatic hydroxyl groups is 18. The minimum absolute atomic E-state index is 0.918. The number of carbonyl (C=O) groups excluding carboxylic acids is 3. The number of rotatable bonds is 22. The summed E-state index contributed by atoms with van der Waals surface area (Å²) in [5, 5.41) is 211. The Kier molecular flexibility index (Phi) is 23.9. The van der Waals surface area contributed by atoms with Gasteiger partial charge in [0, 0.05) is 20.3 Å². The van der Waals surface area contributed by atoms with Crippen LogP contribution >= 0.6 is 0 Å². The molecule has 0 radical (unpaired) electrons. The molecule has 6 aliphatic rings. The summed E-state index contributed by atoms with van der Waals surface area (Å²) in [7, 11) is 0. The van der Waals surface area contributed by atoms with Gasteiger partial charge < -0.3 is 165 Å². The number of hydrogen-bond donors (Lipinski definition) is 22. The molecule has 0 aromatic rings. The van der Waals surface area contributed by atoms with E-state index in [1.807, 2.05) is 0 Å². The number of carbonyl (C=O) groups is 4. The molecule has 0 bridgehead atoms. The van der Waals surface area contributed by atoms with E-state index < -0.39 is 259 Å². The van der Waals surface area contributed by atoms with Crippen molar-refractivity contribution in [2.45, 2.75) is 217 Å². The van der Waals surface area contributed by atoms with Crippen molar-refractivity contribution in [2.24, 2.45) is 0 Å². The van der Waals surface area contributed by atoms with E-state index in [-0.39, 0.29) is 0 Å². The van der Waals surface area contributed by atoms with E-state index in [2.05, 4.69) is 16.0 Å². The molecule has 0 spiro atoms. The maximum atomic E-state index is 13.0. The zero-order valence-electron chi connectivity index (χ0n) is 43.9. The highest BCUT2D eigenvalue weighted by Gasteiger charge is 2.60. The van der Waals surface area contributed by atoms with Crippen LogP contribution in [0.2, 0.25) is 0 Å². The van der Waals surface area contributed by atoms with Crippen LogP contribution in [-0.4, -0.2) is 350 Å². The molecule has 6 aliphatic heterocycles. The van der Waals surface area contributed by atoms with Gasteiger partial charge in [0.05, 0.1) is 51.3 Å². The quantitative estimate of drug-likeness (QED) is 0.0479. The summed E-state index contributed by atoms with van der Waals surface area (Å²) in [4.78, 5) is 50.8. The predicted octanol–water partition coefficient (Wildman–Crippen LogP) is -14.5. The van der Waals surface area contributed by atoms with Crippen LogP contribution in [0.15, 0.2) is 0 Å². The van der Waals surface area contributed by atoms with E-state index in [0.29, 0.717) is 0 Å². The lowest BCUT2D eigenvalue weighted by Crippen LogP contribution is -2.71. The van der Waals surface area contributed by atoms with Gasteiger partial charge in [-0.15, -0.1) is 0 Å². The van der Waals surface area contributed by atoms with Gasteiger partial charge >= 0.3 is 5.97 Å². The summed E-state index contributed by atoms with van der Waals surface area (Å²) in [6.07, 6.45) is -56.3. The molecule has 3 amide bonds. The van der Waals surface area contributed by atoms with Gasteiger partial charge in [0.2, 0.25) is 17.7 Å². The first-order valence-electron chi connectivity index (χ1n) is 25.8. The minimum atomic E-state index is -3.11. The summed E-state index contributed by atoms with van der Waals surface area (Å²) in [5.41, 5.74) is 0. The summed E-state index contributed by atoms with van der Waals surface area (Å²) < 4.78 is 64.3. The zero-order valence-corrected chi connectivity index (χ0v) is 43.9. The van der Waals surface area contributed by atoms with Crippen LogP contribution in [-0.2, 0) is 71.3 Å². The van der Waals surface area contributed by atoms with E-state index in [1.165, 1.54) is 6.92 Å². The van der Waals surface area contributed by atoms with Crippen LogP contribution in [0.1, 0.15) is 27.2 Å². The minimum Gasteiger partial charge on any atom is -0.477 e. The number of carboxylic acid groups (broad SMARTS) is 1. The number of amides is 3. The van der Waals surface area contributed by atoms with Gasteiger partial charge in [0.15, 0.2) is 31.5 Å². The second-order valence-electron chi connectivity index (χ2n) is 20.4. The Morgan fingerprint density at radius 2 is 1.01 bits per heavy atom. The Morgan fingerprint density at radius 1 is 0.537 bits per heavy atom. The predicted molar refractivity (Wildman–Crippen MR) is 251 cm³/mol. The summed E-state index contributed by atoms with van der Waals surface area (Å²) >= 11 is 0. The molecule has 82 heavy (non-hydrogen) atoms. The Hall–Kier alpha value is -3.28. The lowest BCUT2D eigenvalue weighted by molar-refractivity contribution is -0.400. The van der Waals surface area contributed by atoms with Crippen molar-refractivity contribution in [3.05, 3.63) is 0 Å². The first kappa shape index (κ1) is 67.8. The van der Waals surface area contributed by atoms with Crippen molar-refractivity contribution in [1.82, 2.24) is 16.0 Å². The van der Waals surface area contributed by atoms with Crippen LogP contribution < -0.4 is 16.0 Å². The van der Waals surface area contributed by atoms with E-state index in [4.69, 9.17) is 52.1 Å². The molecule has 0 aromatic heterocycles. The number of hydrogen-bond acceptors (Lipinski definition) is 33. The fourth-order valence-corrected chi connectivity index (χ4v) is 10.2. The van der Waals surface area contributed by atoms with Crippen LogP contribution in [0, 0.1) is 0 Å². The van der Waals surface area contributed by atoms with Gasteiger partial charge in [-0.2, -0.15) is 0 Å². The van der Waals surface area contributed by atoms with Crippen LogP contribution in [0.25, 0.3) is 0 Å². The number of nitrogens with one attached hydrogen (secondary N) is 3. The first-order chi connectivity index (χ1) is 38.6. The molecule has 22 N–H and O–H groups in total. The van der Waals surface area contributed by atoms with Crippen LogP contribution in [0.3, 0.4) is 0 Å². The van der Waals surface area contributed by atoms with Crippen molar-refractivity contribution in [1.29, 1.82) is 0 Å². The number of ether oxygens (including phenoxy) is 11. The standard InChI is InChI=1S/C45H75N3O34/c1-11-24(59)30(65)32(67)41(73-11)81-38-37(80-40-23(47-13(3)55)35(27(62)17(7-51)75-40)78-42-33(68)31(66)26(61)16(6-50)76-42)28(63)18(8-52)77-43(38)79-34-22(46-12(2)54)39(69)74-19(29(34)64)10-72-45(44(70)71)4-14(56)21(48-20(58)9-53)36(82-45)25(60)15(57)5-49/h11,14-19,21-43,49-53,56-57,59-69H,4-10H2,1-3H3,(H,46,54)(H,47,55)(H,48,58)(H,70,71)/t11-,14-,15+,16+,17+,18+,19+,21+,22+,23+,24+,25+,26-,27-,28-,29-,30+,31-,32+,33+,34+,35+,36+,37-,38+,39-,40+,41-,42+,43-,45+/m0/s1. The second-order valence-corrected chi connectivity index (χ2v) is 20.4. The molecule has 6 fully saturated rings. The molecule has 0 unspecified atom stereocenters. The molecule has 6 rings (SSSR count). The van der Waals surface area contributed by atoms with Crippen molar-refractivity contribution in [2.75, 3.05) is 39.6 Å². The molecule has 37 heteroatoms. The fourth-order valence-electron chi connectivity index (χ4n) is 10.2. The molecular formula is C45H75N3O34. The molecule has 0 aromatic carbocycles. The van der Waals surface area contributed by atoms with Gasteiger partial charge in [0.25, 0.3) is 5.79 Å². The Balaban J connectivity index is 1.39. The molecule has 0 saturated carbocycles. The Bertz CT molecular complexity index is 2090. The summed E-state index contributed by atoms with van der Waals surface area (Å²) in [5.74, 6) is -8.18. The number of carboxylic acids is 1. The highest BCUT2D eigenvalue weighted by molar-refractivity contribution is 5.78. The van der Waals surface area contributed by atoms with Crippen molar-refractivity contribution < 1.29 is 168 Å². The lowest BCUT2D eigenvalue weighted by Gasteiger charge is -2.52. The Labute approximate surface area is 463 Å². The maximum Gasteiger partial charge on any atom is 0.364 e. The third-order valence-corrected chi connectivity index (χ3v) is 14.7. The highest BCUT2D eigenvalue weighted by Crippen LogP contribution is 2.39. The zero-order chi connectivity index (χ0) is 61.0. The first-order valence-corrected chi connectivity index (χ1v) is 25.8. The largest absolute Gasteiger partial charge is 0.477 e. The molecular weight excluding hydrogens is 1130 g/mol. The van der Waals surface area contributed by atoms with Crippen LogP contribution in [0.4, 0.5) is 0 Å². The molecule has 6 saturated heterocycles.